The van der Waals surface area contributed by atoms with Gasteiger partial charge in [0.2, 0.25) is 5.91 Å². The van der Waals surface area contributed by atoms with Crippen molar-refractivity contribution in [2.24, 2.45) is 5.73 Å². The third-order valence-corrected chi connectivity index (χ3v) is 3.38. The summed E-state index contributed by atoms with van der Waals surface area (Å²) >= 11 is 0. The minimum atomic E-state index is -0.256. The molecule has 98 valence electrons. The highest BCUT2D eigenvalue weighted by atomic mass is 16.2. The molecule has 1 aromatic carbocycles. The molecule has 1 aliphatic heterocycles. The Hall–Kier alpha value is -1.39. The number of nitrogens with two attached hydrogens (primary N) is 1. The fourth-order valence-electron chi connectivity index (χ4n) is 2.32. The molecule has 1 saturated heterocycles. The number of hydrogen-bond acceptors (Lipinski definition) is 3. The molecular weight excluding hydrogens is 226 g/mol. The minimum Gasteiger partial charge on any atom is -0.329 e. The quantitative estimate of drug-likeness (QED) is 0.841. The predicted octanol–water partition coefficient (Wildman–Crippen LogP) is 1.25. The van der Waals surface area contributed by atoms with Crippen molar-refractivity contribution in [3.63, 3.8) is 0 Å². The van der Waals surface area contributed by atoms with Crippen LogP contribution in [-0.4, -0.2) is 30.6 Å². The summed E-state index contributed by atoms with van der Waals surface area (Å²) in [4.78, 5) is 12.2. The maximum atomic E-state index is 12.2. The first-order chi connectivity index (χ1) is 8.81. The van der Waals surface area contributed by atoms with Crippen LogP contribution >= 0.6 is 0 Å². The minimum absolute atomic E-state index is 0.00519. The topological polar surface area (TPSA) is 58.4 Å². The molecule has 1 atom stereocenters. The molecule has 4 heteroatoms. The Morgan fingerprint density at radius 1 is 1.22 bits per heavy atom. The van der Waals surface area contributed by atoms with Gasteiger partial charge in [-0.25, -0.2) is 5.01 Å². The number of hydrazine groups is 1. The van der Waals surface area contributed by atoms with Gasteiger partial charge in [0.25, 0.3) is 0 Å². The molecule has 1 amide bonds. The van der Waals surface area contributed by atoms with E-state index in [2.05, 4.69) is 5.43 Å². The Kier molecular flexibility index (Phi) is 4.73. The summed E-state index contributed by atoms with van der Waals surface area (Å²) in [7, 11) is 0. The molecule has 0 aliphatic carbocycles. The van der Waals surface area contributed by atoms with Crippen LogP contribution in [0.3, 0.4) is 0 Å². The Balaban J connectivity index is 1.97. The van der Waals surface area contributed by atoms with Crippen molar-refractivity contribution in [2.45, 2.75) is 25.2 Å². The number of amides is 1. The van der Waals surface area contributed by atoms with Crippen molar-refractivity contribution in [3.05, 3.63) is 35.9 Å². The first-order valence-corrected chi connectivity index (χ1v) is 6.61. The van der Waals surface area contributed by atoms with Crippen molar-refractivity contribution < 1.29 is 4.79 Å². The van der Waals surface area contributed by atoms with Crippen LogP contribution < -0.4 is 11.2 Å². The van der Waals surface area contributed by atoms with Gasteiger partial charge in [0.1, 0.15) is 0 Å². The molecule has 0 saturated carbocycles. The average molecular weight is 247 g/mol. The van der Waals surface area contributed by atoms with Crippen LogP contribution in [-0.2, 0) is 4.79 Å². The molecular formula is C14H21N3O. The Morgan fingerprint density at radius 3 is 2.50 bits per heavy atom. The van der Waals surface area contributed by atoms with Gasteiger partial charge >= 0.3 is 0 Å². The largest absolute Gasteiger partial charge is 0.329 e. The smallest absolute Gasteiger partial charge is 0.243 e. The van der Waals surface area contributed by atoms with Crippen LogP contribution in [0.5, 0.6) is 0 Å². The predicted molar refractivity (Wildman–Crippen MR) is 71.8 cm³/mol. The van der Waals surface area contributed by atoms with Crippen molar-refractivity contribution in [1.82, 2.24) is 10.4 Å². The molecule has 0 bridgehead atoms. The van der Waals surface area contributed by atoms with E-state index >= 15 is 0 Å². The molecule has 1 aliphatic rings. The maximum absolute atomic E-state index is 12.2. The van der Waals surface area contributed by atoms with E-state index < -0.39 is 0 Å². The molecule has 3 N–H and O–H groups in total. The van der Waals surface area contributed by atoms with E-state index in [0.717, 1.165) is 31.5 Å². The lowest BCUT2D eigenvalue weighted by Gasteiger charge is -2.28. The summed E-state index contributed by atoms with van der Waals surface area (Å²) < 4.78 is 0. The molecule has 18 heavy (non-hydrogen) atoms. The number of carbonyl (C=O) groups excluding carboxylic acids is 1. The summed E-state index contributed by atoms with van der Waals surface area (Å²) in [6.45, 7) is 2.22. The number of nitrogens with zero attached hydrogens (tertiary/aromatic N) is 1. The third-order valence-electron chi connectivity index (χ3n) is 3.38. The van der Waals surface area contributed by atoms with Crippen LogP contribution in [0.4, 0.5) is 0 Å². The van der Waals surface area contributed by atoms with Crippen molar-refractivity contribution in [1.29, 1.82) is 0 Å². The van der Waals surface area contributed by atoms with E-state index in [-0.39, 0.29) is 11.8 Å². The van der Waals surface area contributed by atoms with E-state index in [1.165, 1.54) is 6.42 Å². The molecule has 0 aromatic heterocycles. The van der Waals surface area contributed by atoms with Gasteiger partial charge in [-0.2, -0.15) is 0 Å². The lowest BCUT2D eigenvalue weighted by Crippen LogP contribution is -2.47. The standard InChI is InChI=1S/C14H21N3O/c15-11-13(12-7-3-1-4-8-12)14(18)16-17-9-5-2-6-10-17/h1,3-4,7-8,13H,2,5-6,9-11,15H2,(H,16,18). The summed E-state index contributed by atoms with van der Waals surface area (Å²) in [5, 5.41) is 2.01. The lowest BCUT2D eigenvalue weighted by molar-refractivity contribution is -0.127. The second-order valence-corrected chi connectivity index (χ2v) is 4.72. The number of nitrogens with one attached hydrogen (secondary N) is 1. The van der Waals surface area contributed by atoms with Gasteiger partial charge in [-0.15, -0.1) is 0 Å². The van der Waals surface area contributed by atoms with Gasteiger partial charge in [-0.3, -0.25) is 10.2 Å². The molecule has 0 spiro atoms. The lowest BCUT2D eigenvalue weighted by atomic mass is 9.99. The first-order valence-electron chi connectivity index (χ1n) is 6.61. The molecule has 1 fully saturated rings. The third kappa shape index (κ3) is 3.31. The highest BCUT2D eigenvalue weighted by Crippen LogP contribution is 2.15. The zero-order valence-electron chi connectivity index (χ0n) is 10.6. The van der Waals surface area contributed by atoms with E-state index in [9.17, 15) is 4.79 Å². The number of rotatable bonds is 4. The Morgan fingerprint density at radius 2 is 1.89 bits per heavy atom. The van der Waals surface area contributed by atoms with Crippen LogP contribution in [0, 0.1) is 0 Å². The zero-order chi connectivity index (χ0) is 12.8. The summed E-state index contributed by atoms with van der Waals surface area (Å²) in [6, 6.07) is 9.72. The van der Waals surface area contributed by atoms with Crippen LogP contribution in [0.2, 0.25) is 0 Å². The number of carbonyl (C=O) groups is 1. The highest BCUT2D eigenvalue weighted by molar-refractivity contribution is 5.83. The molecule has 1 heterocycles. The molecule has 1 aromatic rings. The fourth-order valence-corrected chi connectivity index (χ4v) is 2.32. The molecule has 4 nitrogen and oxygen atoms in total. The zero-order valence-corrected chi connectivity index (χ0v) is 10.6. The van der Waals surface area contributed by atoms with Crippen molar-refractivity contribution >= 4 is 5.91 Å². The van der Waals surface area contributed by atoms with E-state index in [4.69, 9.17) is 5.73 Å². The number of benzene rings is 1. The van der Waals surface area contributed by atoms with Gasteiger partial charge in [-0.1, -0.05) is 36.8 Å². The monoisotopic (exact) mass is 247 g/mol. The molecule has 1 unspecified atom stereocenters. The van der Waals surface area contributed by atoms with Gasteiger partial charge < -0.3 is 5.73 Å². The van der Waals surface area contributed by atoms with E-state index in [0.29, 0.717) is 6.54 Å². The Bertz CT molecular complexity index is 374. The Labute approximate surface area is 108 Å². The van der Waals surface area contributed by atoms with E-state index in [1.54, 1.807) is 0 Å². The average Bonchev–Trinajstić information content (AvgIpc) is 2.42. The second-order valence-electron chi connectivity index (χ2n) is 4.72. The number of hydrogen-bond donors (Lipinski definition) is 2. The van der Waals surface area contributed by atoms with Crippen LogP contribution in [0.25, 0.3) is 0 Å². The summed E-state index contributed by atoms with van der Waals surface area (Å²) in [5.74, 6) is -0.251. The second kappa shape index (κ2) is 6.52. The first kappa shape index (κ1) is 13.1. The van der Waals surface area contributed by atoms with Crippen molar-refractivity contribution in [3.8, 4) is 0 Å². The van der Waals surface area contributed by atoms with Gasteiger partial charge in [0.05, 0.1) is 5.92 Å². The normalized spacial score (nSPS) is 18.3. The SMILES string of the molecule is NCC(C(=O)NN1CCCCC1)c1ccccc1. The summed E-state index contributed by atoms with van der Waals surface area (Å²) in [5.41, 5.74) is 9.70. The van der Waals surface area contributed by atoms with Crippen LogP contribution in [0.15, 0.2) is 30.3 Å². The van der Waals surface area contributed by atoms with Gasteiger partial charge in [-0.05, 0) is 18.4 Å². The van der Waals surface area contributed by atoms with Crippen molar-refractivity contribution in [2.75, 3.05) is 19.6 Å². The van der Waals surface area contributed by atoms with Gasteiger partial charge in [0.15, 0.2) is 0 Å². The summed E-state index contributed by atoms with van der Waals surface area (Å²) in [6.07, 6.45) is 3.56. The molecule has 2 rings (SSSR count). The van der Waals surface area contributed by atoms with Crippen LogP contribution in [0.1, 0.15) is 30.7 Å². The fraction of sp³-hybridized carbons (Fsp3) is 0.500. The highest BCUT2D eigenvalue weighted by Gasteiger charge is 2.21. The van der Waals surface area contributed by atoms with Gasteiger partial charge in [0, 0.05) is 19.6 Å². The number of piperidine rings is 1. The van der Waals surface area contributed by atoms with E-state index in [1.807, 2.05) is 35.3 Å². The molecule has 0 radical (unpaired) electrons. The maximum Gasteiger partial charge on any atom is 0.243 e.